The van der Waals surface area contributed by atoms with Crippen LogP contribution in [-0.4, -0.2) is 33.9 Å². The summed E-state index contributed by atoms with van der Waals surface area (Å²) in [5.41, 5.74) is 1.21. The molecule has 2 aliphatic rings. The molecule has 3 heterocycles. The van der Waals surface area contributed by atoms with Crippen LogP contribution in [0.25, 0.3) is 0 Å². The van der Waals surface area contributed by atoms with Crippen LogP contribution in [0.3, 0.4) is 0 Å². The highest BCUT2D eigenvalue weighted by molar-refractivity contribution is 9.09. The quantitative estimate of drug-likeness (QED) is 0.803. The monoisotopic (exact) mass is 310 g/mol. The van der Waals surface area contributed by atoms with E-state index in [0.29, 0.717) is 4.83 Å². The smallest absolute Gasteiger partial charge is 0.217 e. The van der Waals surface area contributed by atoms with Crippen LogP contribution >= 0.6 is 15.9 Å². The molecule has 3 rings (SSSR count). The van der Waals surface area contributed by atoms with Gasteiger partial charge in [0.2, 0.25) is 5.88 Å². The van der Waals surface area contributed by atoms with E-state index in [1.54, 1.807) is 13.3 Å². The van der Waals surface area contributed by atoms with Crippen LogP contribution in [0.5, 0.6) is 5.88 Å². The van der Waals surface area contributed by atoms with Gasteiger partial charge in [0.05, 0.1) is 7.11 Å². The summed E-state index contributed by atoms with van der Waals surface area (Å²) in [7, 11) is 1.70. The van der Waals surface area contributed by atoms with E-state index in [1.807, 2.05) is 6.07 Å². The second kappa shape index (κ2) is 5.17. The number of pyridine rings is 1. The Kier molecular flexibility index (Phi) is 3.57. The van der Waals surface area contributed by atoms with Gasteiger partial charge < -0.3 is 4.74 Å². The van der Waals surface area contributed by atoms with Crippen molar-refractivity contribution in [3.8, 4) is 5.88 Å². The zero-order chi connectivity index (χ0) is 12.5. The fourth-order valence-electron chi connectivity index (χ4n) is 3.39. The second-order valence-electron chi connectivity index (χ2n) is 5.30. The minimum atomic E-state index is 0.710. The Morgan fingerprint density at radius 3 is 2.78 bits per heavy atom. The minimum Gasteiger partial charge on any atom is -0.481 e. The largest absolute Gasteiger partial charge is 0.481 e. The number of rotatable bonds is 3. The predicted molar refractivity (Wildman–Crippen MR) is 75.1 cm³/mol. The lowest BCUT2D eigenvalue weighted by Gasteiger charge is -2.37. The van der Waals surface area contributed by atoms with Gasteiger partial charge in [-0.25, -0.2) is 4.98 Å². The van der Waals surface area contributed by atoms with E-state index in [-0.39, 0.29) is 0 Å². The zero-order valence-corrected chi connectivity index (χ0v) is 12.3. The average Bonchev–Trinajstić information content (AvgIpc) is 2.62. The Bertz CT molecular complexity index is 412. The average molecular weight is 311 g/mol. The fraction of sp³-hybridized carbons (Fsp3) is 0.643. The summed E-state index contributed by atoms with van der Waals surface area (Å²) < 4.78 is 5.35. The molecule has 0 amide bonds. The number of piperidine rings is 1. The van der Waals surface area contributed by atoms with Crippen LogP contribution in [0, 0.1) is 0 Å². The summed E-state index contributed by atoms with van der Waals surface area (Å²) in [6.07, 6.45) is 7.03. The SMILES string of the molecule is COc1ncccc1CN1C2CCC1CC(Br)C2. The van der Waals surface area contributed by atoms with Gasteiger partial charge >= 0.3 is 0 Å². The van der Waals surface area contributed by atoms with Crippen molar-refractivity contribution in [2.24, 2.45) is 0 Å². The van der Waals surface area contributed by atoms with E-state index >= 15 is 0 Å². The molecule has 0 aromatic carbocycles. The van der Waals surface area contributed by atoms with Crippen LogP contribution in [-0.2, 0) is 6.54 Å². The van der Waals surface area contributed by atoms with Crippen LogP contribution in [0.2, 0.25) is 0 Å². The highest BCUT2D eigenvalue weighted by Crippen LogP contribution is 2.39. The van der Waals surface area contributed by atoms with Gasteiger partial charge in [-0.1, -0.05) is 22.0 Å². The van der Waals surface area contributed by atoms with E-state index in [2.05, 4.69) is 31.9 Å². The van der Waals surface area contributed by atoms with Crippen molar-refractivity contribution in [1.82, 2.24) is 9.88 Å². The lowest BCUT2D eigenvalue weighted by Crippen LogP contribution is -2.42. The van der Waals surface area contributed by atoms with Crippen molar-refractivity contribution in [1.29, 1.82) is 0 Å². The predicted octanol–water partition coefficient (Wildman–Crippen LogP) is 2.98. The van der Waals surface area contributed by atoms with Crippen molar-refractivity contribution < 1.29 is 4.74 Å². The highest BCUT2D eigenvalue weighted by atomic mass is 79.9. The maximum absolute atomic E-state index is 5.35. The molecule has 0 aliphatic carbocycles. The molecular formula is C14H19BrN2O. The zero-order valence-electron chi connectivity index (χ0n) is 10.7. The molecule has 98 valence electrons. The molecule has 18 heavy (non-hydrogen) atoms. The third-order valence-electron chi connectivity index (χ3n) is 4.22. The maximum Gasteiger partial charge on any atom is 0.217 e. The Balaban J connectivity index is 1.77. The lowest BCUT2D eigenvalue weighted by molar-refractivity contribution is 0.135. The van der Waals surface area contributed by atoms with E-state index in [1.165, 1.54) is 31.2 Å². The van der Waals surface area contributed by atoms with Crippen LogP contribution in [0.4, 0.5) is 0 Å². The Labute approximate surface area is 117 Å². The summed E-state index contributed by atoms with van der Waals surface area (Å²) in [6, 6.07) is 5.60. The number of methoxy groups -OCH3 is 1. The molecular weight excluding hydrogens is 292 g/mol. The molecule has 0 spiro atoms. The number of fused-ring (bicyclic) bond motifs is 2. The first-order valence-electron chi connectivity index (χ1n) is 6.65. The number of ether oxygens (including phenoxy) is 1. The molecule has 0 N–H and O–H groups in total. The molecule has 0 radical (unpaired) electrons. The van der Waals surface area contributed by atoms with Gasteiger partial charge in [0.25, 0.3) is 0 Å². The van der Waals surface area contributed by atoms with E-state index in [9.17, 15) is 0 Å². The van der Waals surface area contributed by atoms with Gasteiger partial charge in [-0.3, -0.25) is 4.90 Å². The first-order valence-corrected chi connectivity index (χ1v) is 7.57. The standard InChI is InChI=1S/C14H19BrN2O/c1-18-14-10(3-2-6-16-14)9-17-12-4-5-13(17)8-11(15)7-12/h2-3,6,11-13H,4-5,7-9H2,1H3. The van der Waals surface area contributed by atoms with Crippen molar-refractivity contribution in [3.63, 3.8) is 0 Å². The summed E-state index contributed by atoms with van der Waals surface area (Å²) >= 11 is 3.79. The molecule has 0 saturated carbocycles. The number of halogens is 1. The van der Waals surface area contributed by atoms with E-state index in [4.69, 9.17) is 4.74 Å². The Hall–Kier alpha value is -0.610. The van der Waals surface area contributed by atoms with Crippen molar-refractivity contribution in [2.75, 3.05) is 7.11 Å². The molecule has 2 bridgehead atoms. The topological polar surface area (TPSA) is 25.4 Å². The molecule has 2 atom stereocenters. The van der Waals surface area contributed by atoms with Crippen molar-refractivity contribution >= 4 is 15.9 Å². The normalized spacial score (nSPS) is 31.6. The van der Waals surface area contributed by atoms with Gasteiger partial charge in [-0.15, -0.1) is 0 Å². The fourth-order valence-corrected chi connectivity index (χ4v) is 4.25. The minimum absolute atomic E-state index is 0.710. The molecule has 1 aromatic rings. The number of nitrogens with zero attached hydrogens (tertiary/aromatic N) is 2. The third-order valence-corrected chi connectivity index (χ3v) is 4.97. The molecule has 2 saturated heterocycles. The van der Waals surface area contributed by atoms with Gasteiger partial charge in [-0.2, -0.15) is 0 Å². The summed E-state index contributed by atoms with van der Waals surface area (Å²) in [5.74, 6) is 0.776. The van der Waals surface area contributed by atoms with Crippen LogP contribution in [0.15, 0.2) is 18.3 Å². The first-order chi connectivity index (χ1) is 8.78. The van der Waals surface area contributed by atoms with Gasteiger partial charge in [0, 0.05) is 35.2 Å². The molecule has 2 fully saturated rings. The summed E-state index contributed by atoms with van der Waals surface area (Å²) in [6.45, 7) is 0.978. The molecule has 2 unspecified atom stereocenters. The summed E-state index contributed by atoms with van der Waals surface area (Å²) in [5, 5.41) is 0. The third kappa shape index (κ3) is 2.28. The number of aromatic nitrogens is 1. The molecule has 4 heteroatoms. The van der Waals surface area contributed by atoms with Crippen LogP contribution < -0.4 is 4.74 Å². The van der Waals surface area contributed by atoms with Crippen molar-refractivity contribution in [2.45, 2.75) is 49.1 Å². The first kappa shape index (κ1) is 12.4. The maximum atomic E-state index is 5.35. The lowest BCUT2D eigenvalue weighted by atomic mass is 10.0. The number of hydrogen-bond acceptors (Lipinski definition) is 3. The van der Waals surface area contributed by atoms with Crippen molar-refractivity contribution in [3.05, 3.63) is 23.9 Å². The number of hydrogen-bond donors (Lipinski definition) is 0. The van der Waals surface area contributed by atoms with Gasteiger partial charge in [0.1, 0.15) is 0 Å². The van der Waals surface area contributed by atoms with E-state index < -0.39 is 0 Å². The molecule has 1 aromatic heterocycles. The second-order valence-corrected chi connectivity index (χ2v) is 6.59. The Morgan fingerprint density at radius 2 is 2.11 bits per heavy atom. The van der Waals surface area contributed by atoms with Crippen LogP contribution in [0.1, 0.15) is 31.2 Å². The summed E-state index contributed by atoms with van der Waals surface area (Å²) in [4.78, 5) is 7.65. The Morgan fingerprint density at radius 1 is 1.39 bits per heavy atom. The highest BCUT2D eigenvalue weighted by Gasteiger charge is 2.39. The van der Waals surface area contributed by atoms with Gasteiger partial charge in [0.15, 0.2) is 0 Å². The number of alkyl halides is 1. The molecule has 3 nitrogen and oxygen atoms in total. The van der Waals surface area contributed by atoms with Gasteiger partial charge in [-0.05, 0) is 31.7 Å². The molecule has 2 aliphatic heterocycles. The van der Waals surface area contributed by atoms with E-state index in [0.717, 1.165) is 24.5 Å².